The lowest BCUT2D eigenvalue weighted by atomic mass is 9.93. The molecular formula is C16H18O. The third-order valence-corrected chi connectivity index (χ3v) is 3.16. The zero-order valence-corrected chi connectivity index (χ0v) is 10.8. The maximum Gasteiger partial charge on any atom is 0.118 e. The molecule has 0 amide bonds. The number of rotatable bonds is 1. The largest absolute Gasteiger partial charge is 0.508 e. The lowest BCUT2D eigenvalue weighted by Crippen LogP contribution is -1.90. The average molecular weight is 226 g/mol. The summed E-state index contributed by atoms with van der Waals surface area (Å²) >= 11 is 0. The van der Waals surface area contributed by atoms with Crippen molar-refractivity contribution in [2.45, 2.75) is 27.7 Å². The second-order valence-electron chi connectivity index (χ2n) is 4.77. The highest BCUT2D eigenvalue weighted by atomic mass is 16.3. The lowest BCUT2D eigenvalue weighted by molar-refractivity contribution is 0.471. The van der Waals surface area contributed by atoms with Gasteiger partial charge < -0.3 is 5.11 Å². The van der Waals surface area contributed by atoms with Gasteiger partial charge in [0, 0.05) is 0 Å². The lowest BCUT2D eigenvalue weighted by Gasteiger charge is -2.12. The molecule has 2 aromatic carbocycles. The highest BCUT2D eigenvalue weighted by molar-refractivity contribution is 5.72. The van der Waals surface area contributed by atoms with Gasteiger partial charge in [-0.05, 0) is 67.6 Å². The molecule has 0 saturated heterocycles. The van der Waals surface area contributed by atoms with Crippen molar-refractivity contribution in [3.63, 3.8) is 0 Å². The van der Waals surface area contributed by atoms with Crippen LogP contribution < -0.4 is 0 Å². The minimum absolute atomic E-state index is 0.358. The van der Waals surface area contributed by atoms with Gasteiger partial charge in [0.2, 0.25) is 0 Å². The summed E-state index contributed by atoms with van der Waals surface area (Å²) in [5, 5.41) is 9.57. The molecule has 0 atom stereocenters. The summed E-state index contributed by atoms with van der Waals surface area (Å²) in [4.78, 5) is 0. The van der Waals surface area contributed by atoms with Crippen LogP contribution in [0.1, 0.15) is 22.3 Å². The van der Waals surface area contributed by atoms with E-state index >= 15 is 0 Å². The fourth-order valence-electron chi connectivity index (χ4n) is 2.45. The first kappa shape index (κ1) is 11.7. The first-order valence-corrected chi connectivity index (χ1v) is 5.87. The first-order valence-electron chi connectivity index (χ1n) is 5.87. The van der Waals surface area contributed by atoms with Crippen LogP contribution in [0.4, 0.5) is 0 Å². The Hall–Kier alpha value is -1.76. The summed E-state index contributed by atoms with van der Waals surface area (Å²) in [6.45, 7) is 8.32. The summed E-state index contributed by atoms with van der Waals surface area (Å²) in [5.74, 6) is 0.358. The normalized spacial score (nSPS) is 10.6. The first-order chi connectivity index (χ1) is 7.99. The SMILES string of the molecule is Cc1cc(C)c(-c2ccc(O)c(C)c2)c(C)c1. The van der Waals surface area contributed by atoms with E-state index in [1.807, 2.05) is 19.1 Å². The van der Waals surface area contributed by atoms with E-state index in [0.717, 1.165) is 5.56 Å². The molecule has 17 heavy (non-hydrogen) atoms. The fourth-order valence-corrected chi connectivity index (χ4v) is 2.45. The molecule has 88 valence electrons. The minimum atomic E-state index is 0.358. The van der Waals surface area contributed by atoms with E-state index in [4.69, 9.17) is 0 Å². The zero-order chi connectivity index (χ0) is 12.6. The third kappa shape index (κ3) is 2.19. The Bertz CT molecular complexity index is 545. The monoisotopic (exact) mass is 226 g/mol. The quantitative estimate of drug-likeness (QED) is 0.769. The number of hydrogen-bond donors (Lipinski definition) is 1. The summed E-state index contributed by atoms with van der Waals surface area (Å²) in [5.41, 5.74) is 7.23. The molecule has 2 aromatic rings. The van der Waals surface area contributed by atoms with Gasteiger partial charge in [0.05, 0.1) is 0 Å². The molecule has 0 fully saturated rings. The van der Waals surface area contributed by atoms with Crippen LogP contribution in [-0.2, 0) is 0 Å². The summed E-state index contributed by atoms with van der Waals surface area (Å²) in [6.07, 6.45) is 0. The van der Waals surface area contributed by atoms with Crippen LogP contribution in [0.25, 0.3) is 11.1 Å². The average Bonchev–Trinajstić information content (AvgIpc) is 2.21. The van der Waals surface area contributed by atoms with E-state index in [0.29, 0.717) is 5.75 Å². The van der Waals surface area contributed by atoms with Gasteiger partial charge in [-0.15, -0.1) is 0 Å². The molecular weight excluding hydrogens is 208 g/mol. The highest BCUT2D eigenvalue weighted by Crippen LogP contribution is 2.31. The van der Waals surface area contributed by atoms with Gasteiger partial charge in [-0.3, -0.25) is 0 Å². The van der Waals surface area contributed by atoms with E-state index < -0.39 is 0 Å². The molecule has 0 aliphatic heterocycles. The number of benzene rings is 2. The molecule has 0 heterocycles. The molecule has 0 unspecified atom stereocenters. The van der Waals surface area contributed by atoms with Crippen LogP contribution in [-0.4, -0.2) is 5.11 Å². The van der Waals surface area contributed by atoms with Crippen molar-refractivity contribution in [2.24, 2.45) is 0 Å². The number of phenolic OH excluding ortho intramolecular Hbond substituents is 1. The Labute approximate surface area is 103 Å². The second-order valence-corrected chi connectivity index (χ2v) is 4.77. The second kappa shape index (κ2) is 4.25. The molecule has 0 aromatic heterocycles. The molecule has 0 radical (unpaired) electrons. The van der Waals surface area contributed by atoms with Crippen molar-refractivity contribution in [3.05, 3.63) is 52.6 Å². The van der Waals surface area contributed by atoms with Crippen LogP contribution in [0.2, 0.25) is 0 Å². The molecule has 0 aliphatic rings. The van der Waals surface area contributed by atoms with Crippen molar-refractivity contribution < 1.29 is 5.11 Å². The van der Waals surface area contributed by atoms with E-state index in [1.165, 1.54) is 27.8 Å². The predicted molar refractivity (Wildman–Crippen MR) is 72.5 cm³/mol. The predicted octanol–water partition coefficient (Wildman–Crippen LogP) is 4.29. The zero-order valence-electron chi connectivity index (χ0n) is 10.8. The van der Waals surface area contributed by atoms with Crippen molar-refractivity contribution in [2.75, 3.05) is 0 Å². The number of hydrogen-bond acceptors (Lipinski definition) is 1. The Kier molecular flexibility index (Phi) is 2.93. The van der Waals surface area contributed by atoms with Gasteiger partial charge in [-0.2, -0.15) is 0 Å². The van der Waals surface area contributed by atoms with Crippen LogP contribution in [0.3, 0.4) is 0 Å². The van der Waals surface area contributed by atoms with Crippen molar-refractivity contribution >= 4 is 0 Å². The molecule has 0 saturated carbocycles. The molecule has 0 aliphatic carbocycles. The minimum Gasteiger partial charge on any atom is -0.508 e. The maximum absolute atomic E-state index is 9.57. The van der Waals surface area contributed by atoms with Crippen LogP contribution in [0.5, 0.6) is 5.75 Å². The van der Waals surface area contributed by atoms with Gasteiger partial charge in [0.1, 0.15) is 5.75 Å². The molecule has 1 N–H and O–H groups in total. The van der Waals surface area contributed by atoms with Gasteiger partial charge >= 0.3 is 0 Å². The summed E-state index contributed by atoms with van der Waals surface area (Å²) in [7, 11) is 0. The van der Waals surface area contributed by atoms with Gasteiger partial charge in [0.25, 0.3) is 0 Å². The van der Waals surface area contributed by atoms with Gasteiger partial charge in [0.15, 0.2) is 0 Å². The molecule has 0 spiro atoms. The molecule has 2 rings (SSSR count). The van der Waals surface area contributed by atoms with E-state index in [9.17, 15) is 5.11 Å². The Balaban J connectivity index is 2.64. The standard InChI is InChI=1S/C16H18O/c1-10-7-12(3)16(13(4)8-10)14-5-6-15(17)11(2)9-14/h5-9,17H,1-4H3. The maximum atomic E-state index is 9.57. The molecule has 1 heteroatoms. The fraction of sp³-hybridized carbons (Fsp3) is 0.250. The number of aryl methyl sites for hydroxylation is 4. The van der Waals surface area contributed by atoms with Crippen molar-refractivity contribution in [1.82, 2.24) is 0 Å². The molecule has 0 bridgehead atoms. The topological polar surface area (TPSA) is 20.2 Å². The van der Waals surface area contributed by atoms with E-state index in [1.54, 1.807) is 6.07 Å². The summed E-state index contributed by atoms with van der Waals surface area (Å²) < 4.78 is 0. The molecule has 1 nitrogen and oxygen atoms in total. The van der Waals surface area contributed by atoms with E-state index in [2.05, 4.69) is 32.9 Å². The van der Waals surface area contributed by atoms with Crippen molar-refractivity contribution in [1.29, 1.82) is 0 Å². The number of phenols is 1. The van der Waals surface area contributed by atoms with Crippen LogP contribution in [0, 0.1) is 27.7 Å². The van der Waals surface area contributed by atoms with Gasteiger partial charge in [-0.25, -0.2) is 0 Å². The Morgan fingerprint density at radius 2 is 1.35 bits per heavy atom. The van der Waals surface area contributed by atoms with Gasteiger partial charge in [-0.1, -0.05) is 23.8 Å². The summed E-state index contributed by atoms with van der Waals surface area (Å²) in [6, 6.07) is 10.2. The van der Waals surface area contributed by atoms with Crippen molar-refractivity contribution in [3.8, 4) is 16.9 Å². The number of aromatic hydroxyl groups is 1. The highest BCUT2D eigenvalue weighted by Gasteiger charge is 2.07. The Morgan fingerprint density at radius 1 is 0.765 bits per heavy atom. The smallest absolute Gasteiger partial charge is 0.118 e. The Morgan fingerprint density at radius 3 is 1.88 bits per heavy atom. The van der Waals surface area contributed by atoms with Crippen LogP contribution in [0.15, 0.2) is 30.3 Å². The van der Waals surface area contributed by atoms with Crippen LogP contribution >= 0.6 is 0 Å². The third-order valence-electron chi connectivity index (χ3n) is 3.16. The van der Waals surface area contributed by atoms with E-state index in [-0.39, 0.29) is 0 Å².